The average molecular weight is 271 g/mol. The molecule has 0 spiro atoms. The first-order chi connectivity index (χ1) is 9.65. The van der Waals surface area contributed by atoms with Gasteiger partial charge in [-0.05, 0) is 25.0 Å². The number of nitrogens with zero attached hydrogens (tertiary/aromatic N) is 7. The van der Waals surface area contributed by atoms with E-state index >= 15 is 0 Å². The number of ether oxygens (including phenoxy) is 1. The molecule has 0 N–H and O–H groups in total. The quantitative estimate of drug-likeness (QED) is 0.702. The summed E-state index contributed by atoms with van der Waals surface area (Å²) in [6.07, 6.45) is 7.11. The zero-order chi connectivity index (χ0) is 14.1. The van der Waals surface area contributed by atoms with E-state index in [1.54, 1.807) is 21.8 Å². The van der Waals surface area contributed by atoms with Gasteiger partial charge in [-0.1, -0.05) is 0 Å². The maximum absolute atomic E-state index is 5.11. The van der Waals surface area contributed by atoms with Crippen LogP contribution in [0.3, 0.4) is 0 Å². The van der Waals surface area contributed by atoms with Gasteiger partial charge in [0.05, 0.1) is 19.5 Å². The lowest BCUT2D eigenvalue weighted by molar-refractivity contribution is 0.375. The minimum absolute atomic E-state index is 0.214. The molecule has 0 aliphatic carbocycles. The first-order valence-electron chi connectivity index (χ1n) is 5.99. The Hall–Kier alpha value is -2.77. The summed E-state index contributed by atoms with van der Waals surface area (Å²) in [6, 6.07) is 0.214. The molecule has 20 heavy (non-hydrogen) atoms. The third-order valence-electron chi connectivity index (χ3n) is 2.61. The third-order valence-corrected chi connectivity index (χ3v) is 2.61. The second kappa shape index (κ2) is 4.72. The zero-order valence-electron chi connectivity index (χ0n) is 11.3. The second-order valence-electron chi connectivity index (χ2n) is 4.35. The molecule has 0 aliphatic heterocycles. The maximum atomic E-state index is 5.11. The van der Waals surface area contributed by atoms with E-state index in [0.717, 1.165) is 11.1 Å². The van der Waals surface area contributed by atoms with Gasteiger partial charge in [0.15, 0.2) is 0 Å². The maximum Gasteiger partial charge on any atom is 0.322 e. The lowest BCUT2D eigenvalue weighted by Crippen LogP contribution is -2.10. The van der Waals surface area contributed by atoms with Crippen molar-refractivity contribution >= 4 is 0 Å². The van der Waals surface area contributed by atoms with Crippen LogP contribution in [-0.4, -0.2) is 41.6 Å². The summed E-state index contributed by atoms with van der Waals surface area (Å²) >= 11 is 0. The molecule has 102 valence electrons. The number of hydrogen-bond acceptors (Lipinski definition) is 6. The van der Waals surface area contributed by atoms with Crippen molar-refractivity contribution in [1.82, 2.24) is 34.5 Å². The van der Waals surface area contributed by atoms with Gasteiger partial charge in [0.25, 0.3) is 11.9 Å². The number of rotatable bonds is 3. The van der Waals surface area contributed by atoms with Crippen molar-refractivity contribution in [1.29, 1.82) is 0 Å². The van der Waals surface area contributed by atoms with Gasteiger partial charge in [-0.2, -0.15) is 25.1 Å². The number of aromatic nitrogens is 7. The summed E-state index contributed by atoms with van der Waals surface area (Å²) in [5.41, 5.74) is 2.03. The van der Waals surface area contributed by atoms with Crippen molar-refractivity contribution in [2.45, 2.75) is 13.8 Å². The van der Waals surface area contributed by atoms with Crippen LogP contribution in [0.4, 0.5) is 0 Å². The Bertz CT molecular complexity index is 687. The van der Waals surface area contributed by atoms with Crippen LogP contribution in [-0.2, 0) is 0 Å². The third kappa shape index (κ3) is 2.22. The van der Waals surface area contributed by atoms with E-state index in [1.165, 1.54) is 7.11 Å². The lowest BCUT2D eigenvalue weighted by atomic mass is 10.4. The molecular formula is C12H13N7O. The fourth-order valence-corrected chi connectivity index (χ4v) is 1.68. The van der Waals surface area contributed by atoms with Crippen LogP contribution in [0, 0.1) is 13.8 Å². The second-order valence-corrected chi connectivity index (χ2v) is 4.35. The van der Waals surface area contributed by atoms with Gasteiger partial charge in [-0.15, -0.1) is 0 Å². The summed E-state index contributed by atoms with van der Waals surface area (Å²) in [5.74, 6) is 0.765. The van der Waals surface area contributed by atoms with Crippen molar-refractivity contribution in [3.8, 4) is 17.9 Å². The van der Waals surface area contributed by atoms with Crippen LogP contribution < -0.4 is 4.74 Å². The number of hydrogen-bond donors (Lipinski definition) is 0. The smallest absolute Gasteiger partial charge is 0.322 e. The van der Waals surface area contributed by atoms with Gasteiger partial charge >= 0.3 is 6.01 Å². The lowest BCUT2D eigenvalue weighted by Gasteiger charge is -2.05. The minimum atomic E-state index is 0.214. The molecule has 0 bridgehead atoms. The molecule has 0 aliphatic rings. The first kappa shape index (κ1) is 12.3. The van der Waals surface area contributed by atoms with Crippen LogP contribution in [0.25, 0.3) is 11.9 Å². The molecule has 0 amide bonds. The molecular weight excluding hydrogens is 258 g/mol. The van der Waals surface area contributed by atoms with Crippen molar-refractivity contribution < 1.29 is 4.74 Å². The van der Waals surface area contributed by atoms with Crippen LogP contribution in [0.1, 0.15) is 11.1 Å². The predicted octanol–water partition coefficient (Wildman–Crippen LogP) is 0.868. The first-order valence-corrected chi connectivity index (χ1v) is 5.99. The fourth-order valence-electron chi connectivity index (χ4n) is 1.68. The zero-order valence-corrected chi connectivity index (χ0v) is 11.3. The largest absolute Gasteiger partial charge is 0.467 e. The molecule has 0 unspecified atom stereocenters. The summed E-state index contributed by atoms with van der Waals surface area (Å²) in [7, 11) is 1.51. The van der Waals surface area contributed by atoms with E-state index in [2.05, 4.69) is 25.1 Å². The highest BCUT2D eigenvalue weighted by Crippen LogP contribution is 2.11. The molecule has 0 saturated heterocycles. The number of aryl methyl sites for hydroxylation is 2. The molecule has 0 aromatic carbocycles. The molecule has 0 saturated carbocycles. The van der Waals surface area contributed by atoms with E-state index in [4.69, 9.17) is 4.74 Å². The van der Waals surface area contributed by atoms with Gasteiger partial charge in [0.2, 0.25) is 0 Å². The Balaban J connectivity index is 2.12. The van der Waals surface area contributed by atoms with Gasteiger partial charge in [0.1, 0.15) is 0 Å². The highest BCUT2D eigenvalue weighted by molar-refractivity contribution is 5.23. The van der Waals surface area contributed by atoms with Crippen molar-refractivity contribution in [2.75, 3.05) is 7.11 Å². The van der Waals surface area contributed by atoms with Crippen LogP contribution >= 0.6 is 0 Å². The van der Waals surface area contributed by atoms with Gasteiger partial charge in [-0.25, -0.2) is 9.36 Å². The number of methoxy groups -OCH3 is 1. The normalized spacial score (nSPS) is 10.8. The van der Waals surface area contributed by atoms with Gasteiger partial charge < -0.3 is 4.74 Å². The van der Waals surface area contributed by atoms with Crippen molar-refractivity contribution in [3.63, 3.8) is 0 Å². The summed E-state index contributed by atoms with van der Waals surface area (Å²) in [6.45, 7) is 3.89. The van der Waals surface area contributed by atoms with Gasteiger partial charge in [-0.3, -0.25) is 0 Å². The highest BCUT2D eigenvalue weighted by atomic mass is 16.5. The summed E-state index contributed by atoms with van der Waals surface area (Å²) < 4.78 is 8.25. The predicted molar refractivity (Wildman–Crippen MR) is 70.1 cm³/mol. The Morgan fingerprint density at radius 3 is 1.70 bits per heavy atom. The topological polar surface area (TPSA) is 83.5 Å². The molecule has 3 rings (SSSR count). The molecule has 0 radical (unpaired) electrons. The Morgan fingerprint density at radius 2 is 1.35 bits per heavy atom. The Kier molecular flexibility index (Phi) is 2.90. The Morgan fingerprint density at radius 1 is 0.850 bits per heavy atom. The summed E-state index contributed by atoms with van der Waals surface area (Å²) in [5, 5.41) is 8.36. The van der Waals surface area contributed by atoms with Crippen molar-refractivity contribution in [2.24, 2.45) is 0 Å². The van der Waals surface area contributed by atoms with Crippen LogP contribution in [0.15, 0.2) is 24.8 Å². The van der Waals surface area contributed by atoms with Crippen LogP contribution in [0.2, 0.25) is 0 Å². The molecule has 0 fully saturated rings. The molecule has 8 nitrogen and oxygen atoms in total. The monoisotopic (exact) mass is 271 g/mol. The standard InChI is InChI=1S/C12H13N7O/c1-8-4-13-18(6-8)10-15-11(17-12(16-10)20-3)19-7-9(2)5-14-19/h4-7H,1-3H3. The molecule has 3 aromatic rings. The highest BCUT2D eigenvalue weighted by Gasteiger charge is 2.11. The minimum Gasteiger partial charge on any atom is -0.467 e. The van der Waals surface area contributed by atoms with Crippen molar-refractivity contribution in [3.05, 3.63) is 35.9 Å². The SMILES string of the molecule is COc1nc(-n2cc(C)cn2)nc(-n2cc(C)cn2)n1. The fraction of sp³-hybridized carbons (Fsp3) is 0.250. The molecule has 3 heterocycles. The van der Waals surface area contributed by atoms with E-state index in [1.807, 2.05) is 26.2 Å². The van der Waals surface area contributed by atoms with Gasteiger partial charge in [0, 0.05) is 12.4 Å². The van der Waals surface area contributed by atoms with E-state index in [-0.39, 0.29) is 6.01 Å². The Labute approximate surface area is 115 Å². The molecule has 0 atom stereocenters. The average Bonchev–Trinajstić information content (AvgIpc) is 3.07. The van der Waals surface area contributed by atoms with Crippen LogP contribution in [0.5, 0.6) is 6.01 Å². The van der Waals surface area contributed by atoms with E-state index in [0.29, 0.717) is 11.9 Å². The summed E-state index contributed by atoms with van der Waals surface area (Å²) in [4.78, 5) is 12.7. The molecule has 8 heteroatoms. The van der Waals surface area contributed by atoms with E-state index < -0.39 is 0 Å². The van der Waals surface area contributed by atoms with E-state index in [9.17, 15) is 0 Å². The molecule has 3 aromatic heterocycles.